The lowest BCUT2D eigenvalue weighted by Gasteiger charge is -2.00. The summed E-state index contributed by atoms with van der Waals surface area (Å²) in [4.78, 5) is 4.34. The number of para-hydroxylation sites is 1. The van der Waals surface area contributed by atoms with E-state index < -0.39 is 0 Å². The van der Waals surface area contributed by atoms with Gasteiger partial charge in [0.25, 0.3) is 0 Å². The average Bonchev–Trinajstić information content (AvgIpc) is 2.18. The van der Waals surface area contributed by atoms with E-state index in [4.69, 9.17) is 5.73 Å². The van der Waals surface area contributed by atoms with Gasteiger partial charge in [-0.2, -0.15) is 0 Å². The van der Waals surface area contributed by atoms with Crippen molar-refractivity contribution in [1.29, 1.82) is 0 Å². The molecule has 13 heavy (non-hydrogen) atoms. The maximum absolute atomic E-state index is 5.48. The van der Waals surface area contributed by atoms with Gasteiger partial charge >= 0.3 is 0 Å². The molecule has 2 rings (SSSR count). The predicted octanol–water partition coefficient (Wildman–Crippen LogP) is 1.74. The van der Waals surface area contributed by atoms with Crippen molar-refractivity contribution in [3.05, 3.63) is 42.1 Å². The number of aromatic nitrogens is 1. The van der Waals surface area contributed by atoms with Crippen LogP contribution in [-0.2, 0) is 6.42 Å². The number of hydrogen-bond donors (Lipinski definition) is 1. The Labute approximate surface area is 77.4 Å². The third-order valence-corrected chi connectivity index (χ3v) is 2.08. The van der Waals surface area contributed by atoms with Crippen LogP contribution in [0.25, 0.3) is 10.9 Å². The molecule has 66 valence electrons. The van der Waals surface area contributed by atoms with E-state index in [0.717, 1.165) is 11.9 Å². The van der Waals surface area contributed by atoms with Crippen molar-refractivity contribution >= 4 is 10.9 Å². The number of nitrogens with two attached hydrogens (primary N) is 1. The Morgan fingerprint density at radius 3 is 2.92 bits per heavy atom. The maximum atomic E-state index is 5.48. The summed E-state index contributed by atoms with van der Waals surface area (Å²) < 4.78 is 0. The molecule has 0 atom stereocenters. The van der Waals surface area contributed by atoms with Gasteiger partial charge < -0.3 is 5.73 Å². The summed E-state index contributed by atoms with van der Waals surface area (Å²) in [6.45, 7) is 0.681. The van der Waals surface area contributed by atoms with Gasteiger partial charge in [-0.25, -0.2) is 0 Å². The number of nitrogens with zero attached hydrogens (tertiary/aromatic N) is 1. The minimum absolute atomic E-state index is 0.681. The number of benzene rings is 1. The molecule has 2 heteroatoms. The van der Waals surface area contributed by atoms with Crippen LogP contribution in [0.2, 0.25) is 0 Å². The van der Waals surface area contributed by atoms with Gasteiger partial charge in [0.05, 0.1) is 5.52 Å². The number of pyridine rings is 1. The van der Waals surface area contributed by atoms with Crippen molar-refractivity contribution in [1.82, 2.24) is 4.98 Å². The van der Waals surface area contributed by atoms with Crippen LogP contribution in [0, 0.1) is 0 Å². The highest BCUT2D eigenvalue weighted by molar-refractivity contribution is 5.78. The molecule has 0 radical (unpaired) electrons. The summed E-state index contributed by atoms with van der Waals surface area (Å²) in [5.41, 5.74) is 7.73. The second-order valence-electron chi connectivity index (χ2n) is 3.07. The monoisotopic (exact) mass is 172 g/mol. The average molecular weight is 172 g/mol. The lowest BCUT2D eigenvalue weighted by Crippen LogP contribution is -2.02. The summed E-state index contributed by atoms with van der Waals surface area (Å²) in [5.74, 6) is 0. The first-order chi connectivity index (χ1) is 6.40. The first-order valence-corrected chi connectivity index (χ1v) is 4.44. The first-order valence-electron chi connectivity index (χ1n) is 4.44. The summed E-state index contributed by atoms with van der Waals surface area (Å²) in [6.07, 6.45) is 2.80. The van der Waals surface area contributed by atoms with Gasteiger partial charge in [0.1, 0.15) is 0 Å². The minimum atomic E-state index is 0.681. The minimum Gasteiger partial charge on any atom is -0.330 e. The summed E-state index contributed by atoms with van der Waals surface area (Å²) in [7, 11) is 0. The van der Waals surface area contributed by atoms with Crippen molar-refractivity contribution in [2.24, 2.45) is 5.73 Å². The number of rotatable bonds is 2. The molecule has 0 aliphatic carbocycles. The Kier molecular flexibility index (Phi) is 2.23. The number of fused-ring (bicyclic) bond motifs is 1. The highest BCUT2D eigenvalue weighted by Crippen LogP contribution is 2.12. The van der Waals surface area contributed by atoms with Gasteiger partial charge in [-0.15, -0.1) is 0 Å². The van der Waals surface area contributed by atoms with Crippen LogP contribution in [0.5, 0.6) is 0 Å². The van der Waals surface area contributed by atoms with E-state index in [2.05, 4.69) is 17.1 Å². The van der Waals surface area contributed by atoms with Crippen LogP contribution >= 0.6 is 0 Å². The first kappa shape index (κ1) is 8.20. The third kappa shape index (κ3) is 1.68. The molecule has 0 aliphatic rings. The van der Waals surface area contributed by atoms with E-state index in [1.807, 2.05) is 24.4 Å². The summed E-state index contributed by atoms with van der Waals surface area (Å²) >= 11 is 0. The van der Waals surface area contributed by atoms with E-state index in [-0.39, 0.29) is 0 Å². The van der Waals surface area contributed by atoms with Crippen molar-refractivity contribution < 1.29 is 0 Å². The molecule has 1 heterocycles. The molecule has 2 nitrogen and oxygen atoms in total. The van der Waals surface area contributed by atoms with E-state index >= 15 is 0 Å². The molecule has 0 saturated heterocycles. The zero-order valence-electron chi connectivity index (χ0n) is 7.40. The largest absolute Gasteiger partial charge is 0.330 e. The highest BCUT2D eigenvalue weighted by Gasteiger charge is 1.95. The van der Waals surface area contributed by atoms with Crippen LogP contribution in [-0.4, -0.2) is 11.5 Å². The Balaban J connectivity index is 2.49. The van der Waals surface area contributed by atoms with Crippen LogP contribution in [0.4, 0.5) is 0 Å². The fraction of sp³-hybridized carbons (Fsp3) is 0.182. The van der Waals surface area contributed by atoms with Crippen molar-refractivity contribution in [3.8, 4) is 0 Å². The van der Waals surface area contributed by atoms with Gasteiger partial charge in [0.2, 0.25) is 0 Å². The van der Waals surface area contributed by atoms with Gasteiger partial charge in [-0.05, 0) is 30.7 Å². The van der Waals surface area contributed by atoms with Crippen molar-refractivity contribution in [2.75, 3.05) is 6.54 Å². The molecule has 2 N–H and O–H groups in total. The quantitative estimate of drug-likeness (QED) is 0.749. The van der Waals surface area contributed by atoms with E-state index in [0.29, 0.717) is 6.54 Å². The Bertz CT molecular complexity index is 410. The Morgan fingerprint density at radius 2 is 2.08 bits per heavy atom. The third-order valence-electron chi connectivity index (χ3n) is 2.08. The Hall–Kier alpha value is -1.41. The van der Waals surface area contributed by atoms with Crippen LogP contribution in [0.3, 0.4) is 0 Å². The second-order valence-corrected chi connectivity index (χ2v) is 3.07. The summed E-state index contributed by atoms with van der Waals surface area (Å²) in [6, 6.07) is 10.3. The van der Waals surface area contributed by atoms with Crippen molar-refractivity contribution in [3.63, 3.8) is 0 Å². The fourth-order valence-corrected chi connectivity index (χ4v) is 1.42. The molecule has 1 aromatic heterocycles. The summed E-state index contributed by atoms with van der Waals surface area (Å²) in [5, 5.41) is 1.19. The zero-order chi connectivity index (χ0) is 9.10. The smallest absolute Gasteiger partial charge is 0.0702 e. The van der Waals surface area contributed by atoms with Crippen molar-refractivity contribution in [2.45, 2.75) is 6.42 Å². The topological polar surface area (TPSA) is 38.9 Å². The molecule has 2 aromatic rings. The van der Waals surface area contributed by atoms with E-state index in [1.54, 1.807) is 0 Å². The lowest BCUT2D eigenvalue weighted by atomic mass is 10.1. The normalized spacial score (nSPS) is 10.5. The van der Waals surface area contributed by atoms with Crippen LogP contribution in [0.1, 0.15) is 5.56 Å². The molecule has 0 aliphatic heterocycles. The molecule has 0 amide bonds. The Morgan fingerprint density at radius 1 is 1.23 bits per heavy atom. The van der Waals surface area contributed by atoms with Gasteiger partial charge in [0.15, 0.2) is 0 Å². The lowest BCUT2D eigenvalue weighted by molar-refractivity contribution is 0.963. The predicted molar refractivity (Wildman–Crippen MR) is 54.5 cm³/mol. The zero-order valence-corrected chi connectivity index (χ0v) is 7.40. The fourth-order valence-electron chi connectivity index (χ4n) is 1.42. The second kappa shape index (κ2) is 3.54. The molecule has 0 fully saturated rings. The standard InChI is InChI=1S/C11H12N2/c12-6-5-9-7-10-3-1-2-4-11(10)13-8-9/h1-4,7-8H,5-6,12H2. The van der Waals surface area contributed by atoms with Gasteiger partial charge in [-0.3, -0.25) is 4.98 Å². The molecular formula is C11H12N2. The molecule has 1 aromatic carbocycles. The van der Waals surface area contributed by atoms with Gasteiger partial charge in [0, 0.05) is 11.6 Å². The molecular weight excluding hydrogens is 160 g/mol. The number of hydrogen-bond acceptors (Lipinski definition) is 2. The molecule has 0 bridgehead atoms. The maximum Gasteiger partial charge on any atom is 0.0702 e. The van der Waals surface area contributed by atoms with Crippen LogP contribution < -0.4 is 5.73 Å². The van der Waals surface area contributed by atoms with E-state index in [1.165, 1.54) is 10.9 Å². The van der Waals surface area contributed by atoms with Gasteiger partial charge in [-0.1, -0.05) is 18.2 Å². The molecule has 0 unspecified atom stereocenters. The van der Waals surface area contributed by atoms with Crippen LogP contribution in [0.15, 0.2) is 36.5 Å². The van der Waals surface area contributed by atoms with E-state index in [9.17, 15) is 0 Å². The molecule has 0 saturated carbocycles. The SMILES string of the molecule is NCCc1cnc2ccccc2c1. The highest BCUT2D eigenvalue weighted by atomic mass is 14.6. The molecule has 0 spiro atoms.